The molecule has 1 aliphatic carbocycles. The third-order valence-corrected chi connectivity index (χ3v) is 7.39. The van der Waals surface area contributed by atoms with Crippen molar-refractivity contribution in [1.29, 1.82) is 0 Å². The average molecular weight is 429 g/mol. The third-order valence-electron chi connectivity index (χ3n) is 6.32. The molecular formula is C23H28N2O4S. The van der Waals surface area contributed by atoms with Gasteiger partial charge in [0, 0.05) is 11.4 Å². The summed E-state index contributed by atoms with van der Waals surface area (Å²) in [7, 11) is 2.12. The summed E-state index contributed by atoms with van der Waals surface area (Å²) in [4.78, 5) is 28.1. The topological polar surface area (TPSA) is 78.9 Å². The van der Waals surface area contributed by atoms with Crippen molar-refractivity contribution in [3.63, 3.8) is 0 Å². The van der Waals surface area contributed by atoms with Crippen molar-refractivity contribution in [3.05, 3.63) is 57.3 Å². The Balaban J connectivity index is 1.49. The number of hydrogen-bond donors (Lipinski definition) is 2. The number of hydrogen-bond acceptors (Lipinski definition) is 6. The molecule has 1 saturated heterocycles. The zero-order chi connectivity index (χ0) is 21.1. The maximum atomic E-state index is 13.4. The number of thiophene rings is 1. The highest BCUT2D eigenvalue weighted by molar-refractivity contribution is 7.13. The van der Waals surface area contributed by atoms with E-state index in [0.717, 1.165) is 42.8 Å². The molecule has 0 bridgehead atoms. The smallest absolute Gasteiger partial charge is 0.345 e. The molecule has 6 nitrogen and oxygen atoms in total. The van der Waals surface area contributed by atoms with Crippen LogP contribution in [-0.4, -0.2) is 48.7 Å². The molecule has 0 amide bonds. The monoisotopic (exact) mass is 428 g/mol. The van der Waals surface area contributed by atoms with Crippen LogP contribution in [0.4, 0.5) is 0 Å². The number of rotatable bonds is 7. The van der Waals surface area contributed by atoms with Crippen LogP contribution in [0.1, 0.15) is 44.9 Å². The van der Waals surface area contributed by atoms with Gasteiger partial charge in [-0.25, -0.2) is 9.59 Å². The molecule has 2 aliphatic rings. The molecule has 30 heavy (non-hydrogen) atoms. The summed E-state index contributed by atoms with van der Waals surface area (Å²) in [5.74, 6) is -0.736. The number of nitrogens with one attached hydrogen (secondary N) is 1. The van der Waals surface area contributed by atoms with E-state index in [2.05, 4.69) is 23.3 Å². The summed E-state index contributed by atoms with van der Waals surface area (Å²) in [5.41, 5.74) is 1.27. The average Bonchev–Trinajstić information content (AvgIpc) is 3.37. The lowest BCUT2D eigenvalue weighted by Gasteiger charge is -2.32. The Hall–Kier alpha value is -2.22. The standard InChI is InChI=1S/C23H28N2O4S/c1-25-12-9-16(10-13-25)15-29-22(28)23(11-8-17-4-2-3-5-19(17)23)24-14-18-6-7-20(30-18)21(26)27/h2-7,16,24H,8-15H2,1H3,(H,26,27). The van der Waals surface area contributed by atoms with Crippen molar-refractivity contribution >= 4 is 23.3 Å². The van der Waals surface area contributed by atoms with Crippen molar-refractivity contribution in [2.45, 2.75) is 37.8 Å². The van der Waals surface area contributed by atoms with Gasteiger partial charge in [-0.15, -0.1) is 11.3 Å². The summed E-state index contributed by atoms with van der Waals surface area (Å²) in [6.45, 7) is 2.97. The Bertz CT molecular complexity index is 919. The van der Waals surface area contributed by atoms with Crippen molar-refractivity contribution in [2.75, 3.05) is 26.7 Å². The lowest BCUT2D eigenvalue weighted by atomic mass is 9.91. The predicted octanol–water partition coefficient (Wildman–Crippen LogP) is 3.26. The largest absolute Gasteiger partial charge is 0.477 e. The maximum Gasteiger partial charge on any atom is 0.345 e. The molecule has 1 atom stereocenters. The minimum absolute atomic E-state index is 0.221. The van der Waals surface area contributed by atoms with Gasteiger partial charge in [-0.1, -0.05) is 24.3 Å². The van der Waals surface area contributed by atoms with E-state index in [9.17, 15) is 14.7 Å². The summed E-state index contributed by atoms with van der Waals surface area (Å²) in [6, 6.07) is 11.4. The fourth-order valence-electron chi connectivity index (χ4n) is 4.45. The third kappa shape index (κ3) is 4.29. The molecule has 7 heteroatoms. The minimum Gasteiger partial charge on any atom is -0.477 e. The molecule has 0 saturated carbocycles. The quantitative estimate of drug-likeness (QED) is 0.659. The maximum absolute atomic E-state index is 13.4. The zero-order valence-electron chi connectivity index (χ0n) is 17.2. The Labute approximate surface area is 180 Å². The Kier molecular flexibility index (Phi) is 6.22. The number of aryl methyl sites for hydroxylation is 1. The van der Waals surface area contributed by atoms with Gasteiger partial charge in [0.15, 0.2) is 0 Å². The van der Waals surface area contributed by atoms with E-state index in [1.807, 2.05) is 18.2 Å². The fourth-order valence-corrected chi connectivity index (χ4v) is 5.24. The van der Waals surface area contributed by atoms with Crippen LogP contribution in [0.5, 0.6) is 0 Å². The number of carbonyl (C=O) groups excluding carboxylic acids is 1. The van der Waals surface area contributed by atoms with Crippen LogP contribution in [0, 0.1) is 5.92 Å². The number of esters is 1. The van der Waals surface area contributed by atoms with Gasteiger partial charge < -0.3 is 14.7 Å². The molecule has 160 valence electrons. The second-order valence-electron chi connectivity index (χ2n) is 8.33. The van der Waals surface area contributed by atoms with Crippen LogP contribution in [0.2, 0.25) is 0 Å². The first-order chi connectivity index (χ1) is 14.5. The molecule has 1 aromatic carbocycles. The van der Waals surface area contributed by atoms with Crippen LogP contribution in [0.3, 0.4) is 0 Å². The molecule has 4 rings (SSSR count). The predicted molar refractivity (Wildman–Crippen MR) is 116 cm³/mol. The van der Waals surface area contributed by atoms with Gasteiger partial charge in [-0.2, -0.15) is 0 Å². The lowest BCUT2D eigenvalue weighted by molar-refractivity contribution is -0.154. The number of carbonyl (C=O) groups is 2. The Morgan fingerprint density at radius 3 is 2.73 bits per heavy atom. The van der Waals surface area contributed by atoms with E-state index >= 15 is 0 Å². The molecular weight excluding hydrogens is 400 g/mol. The van der Waals surface area contributed by atoms with Gasteiger partial charge in [0.1, 0.15) is 10.4 Å². The van der Waals surface area contributed by atoms with E-state index in [-0.39, 0.29) is 5.97 Å². The van der Waals surface area contributed by atoms with Crippen LogP contribution in [0.25, 0.3) is 0 Å². The number of aromatic carboxylic acids is 1. The summed E-state index contributed by atoms with van der Waals surface area (Å²) < 4.78 is 5.88. The van der Waals surface area contributed by atoms with Crippen molar-refractivity contribution in [2.24, 2.45) is 5.92 Å². The first-order valence-electron chi connectivity index (χ1n) is 10.5. The van der Waals surface area contributed by atoms with Crippen LogP contribution >= 0.6 is 11.3 Å². The summed E-state index contributed by atoms with van der Waals surface area (Å²) in [5, 5.41) is 12.6. The van der Waals surface area contributed by atoms with Crippen molar-refractivity contribution in [1.82, 2.24) is 10.2 Å². The number of carboxylic acids is 1. The number of nitrogens with zero attached hydrogens (tertiary/aromatic N) is 1. The Morgan fingerprint density at radius 1 is 1.23 bits per heavy atom. The Morgan fingerprint density at radius 2 is 2.00 bits per heavy atom. The molecule has 1 aromatic heterocycles. The van der Waals surface area contributed by atoms with Crippen molar-refractivity contribution in [3.8, 4) is 0 Å². The molecule has 2 aromatic rings. The van der Waals surface area contributed by atoms with Gasteiger partial charge >= 0.3 is 11.9 Å². The molecule has 2 heterocycles. The molecule has 1 fully saturated rings. The first kappa shape index (κ1) is 21.0. The first-order valence-corrected chi connectivity index (χ1v) is 11.3. The zero-order valence-corrected chi connectivity index (χ0v) is 18.0. The van der Waals surface area contributed by atoms with Crippen LogP contribution in [0.15, 0.2) is 36.4 Å². The highest BCUT2D eigenvalue weighted by Crippen LogP contribution is 2.38. The second kappa shape index (κ2) is 8.88. The number of likely N-dealkylation sites (tertiary alicyclic amines) is 1. The van der Waals surface area contributed by atoms with Crippen LogP contribution in [-0.2, 0) is 28.0 Å². The number of ether oxygens (including phenoxy) is 1. The highest BCUT2D eigenvalue weighted by Gasteiger charge is 2.46. The van der Waals surface area contributed by atoms with E-state index in [1.165, 1.54) is 16.9 Å². The van der Waals surface area contributed by atoms with E-state index in [0.29, 0.717) is 30.4 Å². The SMILES string of the molecule is CN1CCC(COC(=O)C2(NCc3ccc(C(=O)O)s3)CCc3ccccc32)CC1. The minimum atomic E-state index is -0.926. The molecule has 1 aliphatic heterocycles. The van der Waals surface area contributed by atoms with Gasteiger partial charge in [0.25, 0.3) is 0 Å². The normalized spacial score (nSPS) is 22.0. The molecule has 0 spiro atoms. The fraction of sp³-hybridized carbons (Fsp3) is 0.478. The van der Waals surface area contributed by atoms with E-state index in [4.69, 9.17) is 4.74 Å². The summed E-state index contributed by atoms with van der Waals surface area (Å²) >= 11 is 1.23. The number of piperidine rings is 1. The number of carboxylic acid groups (broad SMARTS) is 1. The lowest BCUT2D eigenvalue weighted by Crippen LogP contribution is -2.48. The summed E-state index contributed by atoms with van der Waals surface area (Å²) in [6.07, 6.45) is 3.56. The highest BCUT2D eigenvalue weighted by atomic mass is 32.1. The molecule has 2 N–H and O–H groups in total. The van der Waals surface area contributed by atoms with Gasteiger partial charge in [-0.3, -0.25) is 5.32 Å². The van der Waals surface area contributed by atoms with E-state index < -0.39 is 11.5 Å². The second-order valence-corrected chi connectivity index (χ2v) is 9.50. The number of fused-ring (bicyclic) bond motifs is 1. The molecule has 1 unspecified atom stereocenters. The van der Waals surface area contributed by atoms with Crippen LogP contribution < -0.4 is 5.32 Å². The van der Waals surface area contributed by atoms with Gasteiger partial charge in [0.05, 0.1) is 6.61 Å². The number of benzene rings is 1. The molecule has 0 radical (unpaired) electrons. The van der Waals surface area contributed by atoms with E-state index in [1.54, 1.807) is 12.1 Å². The van der Waals surface area contributed by atoms with Gasteiger partial charge in [0.2, 0.25) is 0 Å². The van der Waals surface area contributed by atoms with Crippen molar-refractivity contribution < 1.29 is 19.4 Å². The van der Waals surface area contributed by atoms with Gasteiger partial charge in [-0.05, 0) is 75.0 Å².